The molecule has 1 atom stereocenters. The first kappa shape index (κ1) is 16.4. The molecule has 0 saturated carbocycles. The molecule has 1 aromatic heterocycles. The van der Waals surface area contributed by atoms with Gasteiger partial charge in [0.1, 0.15) is 6.54 Å². The number of hydrogen-bond acceptors (Lipinski definition) is 6. The van der Waals surface area contributed by atoms with Gasteiger partial charge in [-0.25, -0.2) is 4.68 Å². The number of aromatic nitrogens is 4. The molecule has 0 aliphatic carbocycles. The zero-order chi connectivity index (χ0) is 15.1. The molecule has 0 bridgehead atoms. The van der Waals surface area contributed by atoms with Gasteiger partial charge in [0, 0.05) is 6.04 Å². The van der Waals surface area contributed by atoms with Gasteiger partial charge in [0.15, 0.2) is 0 Å². The number of carbonyl (C=O) groups excluding carboxylic acids is 1. The largest absolute Gasteiger partial charge is 0.480 e. The molecule has 0 fully saturated rings. The summed E-state index contributed by atoms with van der Waals surface area (Å²) in [6, 6.07) is 0.153. The topological polar surface area (TPSA) is 110 Å². The Hall–Kier alpha value is -1.64. The van der Waals surface area contributed by atoms with Crippen molar-refractivity contribution in [2.75, 3.05) is 0 Å². The number of carboxylic acids is 1. The van der Waals surface area contributed by atoms with Crippen LogP contribution in [0.25, 0.3) is 0 Å². The van der Waals surface area contributed by atoms with Gasteiger partial charge in [-0.15, -0.1) is 5.10 Å². The van der Waals surface area contributed by atoms with E-state index in [9.17, 15) is 9.59 Å². The summed E-state index contributed by atoms with van der Waals surface area (Å²) in [5.41, 5.74) is 0. The normalized spacial score (nSPS) is 12.4. The first-order valence-electron chi connectivity index (χ1n) is 6.42. The standard InChI is InChI=1S/C11H19N5O3S/c1-4-8(5-2)12-10(19)7(3)20-11-13-14-15-16(11)6-9(17)18/h7-8H,4-6H2,1-3H3,(H,12,19)(H,17,18). The van der Waals surface area contributed by atoms with Crippen LogP contribution in [0.5, 0.6) is 0 Å². The van der Waals surface area contributed by atoms with Crippen molar-refractivity contribution < 1.29 is 14.7 Å². The van der Waals surface area contributed by atoms with Crippen LogP contribution in [0.4, 0.5) is 0 Å². The minimum atomic E-state index is -1.03. The predicted octanol–water partition coefficient (Wildman–Crippen LogP) is 0.543. The molecule has 1 rings (SSSR count). The Labute approximate surface area is 121 Å². The molecule has 0 spiro atoms. The van der Waals surface area contributed by atoms with E-state index in [-0.39, 0.29) is 18.5 Å². The summed E-state index contributed by atoms with van der Waals surface area (Å²) >= 11 is 1.14. The van der Waals surface area contributed by atoms with Gasteiger partial charge in [0.05, 0.1) is 5.25 Å². The number of nitrogens with zero attached hydrogens (tertiary/aromatic N) is 4. The molecule has 8 nitrogen and oxygen atoms in total. The molecule has 112 valence electrons. The summed E-state index contributed by atoms with van der Waals surface area (Å²) in [5.74, 6) is -1.14. The Balaban J connectivity index is 2.61. The van der Waals surface area contributed by atoms with Crippen LogP contribution in [-0.4, -0.2) is 48.5 Å². The van der Waals surface area contributed by atoms with Gasteiger partial charge < -0.3 is 10.4 Å². The number of thioether (sulfide) groups is 1. The van der Waals surface area contributed by atoms with E-state index in [4.69, 9.17) is 5.11 Å². The van der Waals surface area contributed by atoms with E-state index in [1.54, 1.807) is 6.92 Å². The molecule has 20 heavy (non-hydrogen) atoms. The number of hydrogen-bond donors (Lipinski definition) is 2. The van der Waals surface area contributed by atoms with Crippen LogP contribution < -0.4 is 5.32 Å². The molecule has 1 heterocycles. The third-order valence-electron chi connectivity index (χ3n) is 2.77. The molecule has 0 aromatic carbocycles. The van der Waals surface area contributed by atoms with Crippen LogP contribution in [-0.2, 0) is 16.1 Å². The average molecular weight is 301 g/mol. The van der Waals surface area contributed by atoms with Crippen molar-refractivity contribution in [1.29, 1.82) is 0 Å². The third-order valence-corrected chi connectivity index (χ3v) is 3.84. The summed E-state index contributed by atoms with van der Waals surface area (Å²) in [5, 5.41) is 22.3. The number of tetrazole rings is 1. The van der Waals surface area contributed by atoms with Gasteiger partial charge in [-0.3, -0.25) is 9.59 Å². The Kier molecular flexibility index (Phi) is 6.43. The van der Waals surface area contributed by atoms with Crippen LogP contribution in [0.15, 0.2) is 5.16 Å². The van der Waals surface area contributed by atoms with Crippen molar-refractivity contribution in [2.45, 2.75) is 56.6 Å². The lowest BCUT2D eigenvalue weighted by Crippen LogP contribution is -2.38. The second-order valence-electron chi connectivity index (χ2n) is 4.29. The SMILES string of the molecule is CCC(CC)NC(=O)C(C)Sc1nnnn1CC(=O)O. The van der Waals surface area contributed by atoms with Crippen LogP contribution in [0.1, 0.15) is 33.6 Å². The maximum Gasteiger partial charge on any atom is 0.325 e. The number of amides is 1. The Morgan fingerprint density at radius 3 is 2.60 bits per heavy atom. The fraction of sp³-hybridized carbons (Fsp3) is 0.727. The second-order valence-corrected chi connectivity index (χ2v) is 5.60. The smallest absolute Gasteiger partial charge is 0.325 e. The van der Waals surface area contributed by atoms with Gasteiger partial charge >= 0.3 is 5.97 Å². The van der Waals surface area contributed by atoms with Gasteiger partial charge in [-0.1, -0.05) is 25.6 Å². The highest BCUT2D eigenvalue weighted by atomic mass is 32.2. The predicted molar refractivity (Wildman–Crippen MR) is 73.3 cm³/mol. The van der Waals surface area contributed by atoms with E-state index in [1.165, 1.54) is 0 Å². The fourth-order valence-electron chi connectivity index (χ4n) is 1.53. The molecule has 9 heteroatoms. The highest BCUT2D eigenvalue weighted by Crippen LogP contribution is 2.20. The van der Waals surface area contributed by atoms with Crippen LogP contribution in [0.2, 0.25) is 0 Å². The molecule has 1 amide bonds. The third kappa shape index (κ3) is 4.80. The highest BCUT2D eigenvalue weighted by molar-refractivity contribution is 8.00. The summed E-state index contributed by atoms with van der Waals surface area (Å²) in [7, 11) is 0. The Bertz CT molecular complexity index is 461. The van der Waals surface area contributed by atoms with Crippen molar-refractivity contribution in [3.8, 4) is 0 Å². The zero-order valence-corrected chi connectivity index (χ0v) is 12.6. The summed E-state index contributed by atoms with van der Waals surface area (Å²) in [6.07, 6.45) is 1.74. The monoisotopic (exact) mass is 301 g/mol. The van der Waals surface area contributed by atoms with E-state index in [1.807, 2.05) is 13.8 Å². The molecule has 0 radical (unpaired) electrons. The number of carbonyl (C=O) groups is 2. The van der Waals surface area contributed by atoms with Crippen LogP contribution >= 0.6 is 11.8 Å². The second kappa shape index (κ2) is 7.83. The van der Waals surface area contributed by atoms with Crippen molar-refractivity contribution in [1.82, 2.24) is 25.5 Å². The Morgan fingerprint density at radius 2 is 2.05 bits per heavy atom. The first-order chi connectivity index (χ1) is 9.47. The summed E-state index contributed by atoms with van der Waals surface area (Å²) < 4.78 is 1.16. The lowest BCUT2D eigenvalue weighted by atomic mass is 10.2. The lowest BCUT2D eigenvalue weighted by Gasteiger charge is -2.17. The molecule has 0 aliphatic rings. The quantitative estimate of drug-likeness (QED) is 0.674. The molecule has 1 aromatic rings. The Morgan fingerprint density at radius 1 is 1.40 bits per heavy atom. The van der Waals surface area contributed by atoms with Gasteiger partial charge in [-0.05, 0) is 30.2 Å². The van der Waals surface area contributed by atoms with Crippen molar-refractivity contribution in [3.05, 3.63) is 0 Å². The summed E-state index contributed by atoms with van der Waals surface area (Å²) in [6.45, 7) is 5.44. The maximum absolute atomic E-state index is 12.0. The number of carboxylic acid groups (broad SMARTS) is 1. The minimum absolute atomic E-state index is 0.103. The molecular weight excluding hydrogens is 282 g/mol. The van der Waals surface area contributed by atoms with Gasteiger partial charge in [-0.2, -0.15) is 0 Å². The van der Waals surface area contributed by atoms with Crippen LogP contribution in [0, 0.1) is 0 Å². The highest BCUT2D eigenvalue weighted by Gasteiger charge is 2.20. The summed E-state index contributed by atoms with van der Waals surface area (Å²) in [4.78, 5) is 22.7. The minimum Gasteiger partial charge on any atom is -0.480 e. The molecule has 1 unspecified atom stereocenters. The van der Waals surface area contributed by atoms with E-state index in [0.717, 1.165) is 29.3 Å². The fourth-order valence-corrected chi connectivity index (χ4v) is 2.33. The molecule has 2 N–H and O–H groups in total. The lowest BCUT2D eigenvalue weighted by molar-refractivity contribution is -0.138. The zero-order valence-electron chi connectivity index (χ0n) is 11.7. The average Bonchev–Trinajstić information content (AvgIpc) is 2.82. The first-order valence-corrected chi connectivity index (χ1v) is 7.30. The van der Waals surface area contributed by atoms with Crippen LogP contribution in [0.3, 0.4) is 0 Å². The molecule has 0 aliphatic heterocycles. The van der Waals surface area contributed by atoms with E-state index < -0.39 is 11.2 Å². The van der Waals surface area contributed by atoms with Gasteiger partial charge in [0.25, 0.3) is 0 Å². The van der Waals surface area contributed by atoms with Crippen molar-refractivity contribution >= 4 is 23.6 Å². The number of rotatable bonds is 8. The molecular formula is C11H19N5O3S. The van der Waals surface area contributed by atoms with Crippen molar-refractivity contribution in [3.63, 3.8) is 0 Å². The maximum atomic E-state index is 12.0. The van der Waals surface area contributed by atoms with Gasteiger partial charge in [0.2, 0.25) is 11.1 Å². The number of aliphatic carboxylic acids is 1. The van der Waals surface area contributed by atoms with E-state index >= 15 is 0 Å². The molecule has 0 saturated heterocycles. The number of nitrogens with one attached hydrogen (secondary N) is 1. The van der Waals surface area contributed by atoms with E-state index in [2.05, 4.69) is 20.8 Å². The van der Waals surface area contributed by atoms with E-state index in [0.29, 0.717) is 5.16 Å². The van der Waals surface area contributed by atoms with Crippen molar-refractivity contribution in [2.24, 2.45) is 0 Å².